The third-order valence-electron chi connectivity index (χ3n) is 5.98. The van der Waals surface area contributed by atoms with Gasteiger partial charge in [-0.15, -0.1) is 0 Å². The molecule has 0 aliphatic rings. The zero-order chi connectivity index (χ0) is 25.4. The summed E-state index contributed by atoms with van der Waals surface area (Å²) in [6.45, 7) is 3.24. The van der Waals surface area contributed by atoms with Gasteiger partial charge in [-0.1, -0.05) is 44.2 Å². The van der Waals surface area contributed by atoms with E-state index < -0.39 is 23.2 Å². The van der Waals surface area contributed by atoms with Crippen LogP contribution in [0.15, 0.2) is 67.1 Å². The van der Waals surface area contributed by atoms with Crippen molar-refractivity contribution in [3.05, 3.63) is 94.2 Å². The quantitative estimate of drug-likeness (QED) is 0.265. The number of halogens is 3. The minimum atomic E-state index is -5.03. The summed E-state index contributed by atoms with van der Waals surface area (Å²) in [5.74, 6) is 0.592. The van der Waals surface area contributed by atoms with Gasteiger partial charge < -0.3 is 14.2 Å². The lowest BCUT2D eigenvalue weighted by molar-refractivity contribution is -0.384. The van der Waals surface area contributed by atoms with Crippen molar-refractivity contribution in [2.24, 2.45) is 5.92 Å². The molecule has 2 aromatic carbocycles. The van der Waals surface area contributed by atoms with Crippen molar-refractivity contribution in [3.63, 3.8) is 0 Å². The number of nitro groups is 1. The molecule has 0 amide bonds. The van der Waals surface area contributed by atoms with Crippen LogP contribution in [0.1, 0.15) is 30.8 Å². The van der Waals surface area contributed by atoms with Crippen LogP contribution in [0.2, 0.25) is 0 Å². The molecule has 0 spiro atoms. The van der Waals surface area contributed by atoms with E-state index in [-0.39, 0.29) is 34.6 Å². The maximum absolute atomic E-state index is 14.5. The lowest BCUT2D eigenvalue weighted by Crippen LogP contribution is -2.46. The van der Waals surface area contributed by atoms with Crippen LogP contribution < -0.4 is 0 Å². The molecule has 0 saturated carbocycles. The lowest BCUT2D eigenvalue weighted by Gasteiger charge is -2.31. The summed E-state index contributed by atoms with van der Waals surface area (Å²) in [5.41, 5.74) is -2.84. The summed E-state index contributed by atoms with van der Waals surface area (Å²) in [5, 5.41) is 22.7. The Kier molecular flexibility index (Phi) is 6.42. The molecule has 4 aromatic rings. The predicted octanol–water partition coefficient (Wildman–Crippen LogP) is 5.44. The van der Waals surface area contributed by atoms with Gasteiger partial charge in [0.2, 0.25) is 5.60 Å². The SMILES string of the molecule is CC(C)Cc1nccn1CC(O)(c1cn(Cc2ccccc2)c2cc([N+](=O)[O-])ccc12)C(F)(F)F. The molecule has 2 heterocycles. The van der Waals surface area contributed by atoms with Gasteiger partial charge in [-0.25, -0.2) is 4.98 Å². The van der Waals surface area contributed by atoms with Crippen molar-refractivity contribution in [2.45, 2.75) is 45.1 Å². The molecule has 10 heteroatoms. The van der Waals surface area contributed by atoms with Crippen LogP contribution in [-0.2, 0) is 25.1 Å². The fraction of sp³-hybridized carbons (Fsp3) is 0.320. The van der Waals surface area contributed by atoms with Crippen LogP contribution in [0.3, 0.4) is 0 Å². The molecular weight excluding hydrogens is 461 g/mol. The van der Waals surface area contributed by atoms with Crippen molar-refractivity contribution in [3.8, 4) is 0 Å². The van der Waals surface area contributed by atoms with Gasteiger partial charge in [0.15, 0.2) is 0 Å². The molecule has 4 rings (SSSR count). The Morgan fingerprint density at radius 3 is 2.46 bits per heavy atom. The topological polar surface area (TPSA) is 86.1 Å². The van der Waals surface area contributed by atoms with Crippen LogP contribution >= 0.6 is 0 Å². The van der Waals surface area contributed by atoms with E-state index >= 15 is 0 Å². The maximum atomic E-state index is 14.5. The normalized spacial score (nSPS) is 13.9. The number of hydrogen-bond donors (Lipinski definition) is 1. The Morgan fingerprint density at radius 1 is 1.11 bits per heavy atom. The molecule has 1 atom stereocenters. The lowest BCUT2D eigenvalue weighted by atomic mass is 9.92. The number of aliphatic hydroxyl groups is 1. The van der Waals surface area contributed by atoms with E-state index in [1.54, 1.807) is 12.1 Å². The Bertz CT molecular complexity index is 1350. The average Bonchev–Trinajstić information content (AvgIpc) is 3.37. The molecule has 0 saturated heterocycles. The van der Waals surface area contributed by atoms with E-state index in [1.807, 2.05) is 32.0 Å². The maximum Gasteiger partial charge on any atom is 0.423 e. The fourth-order valence-corrected chi connectivity index (χ4v) is 4.25. The molecule has 2 aromatic heterocycles. The highest BCUT2D eigenvalue weighted by atomic mass is 19.4. The summed E-state index contributed by atoms with van der Waals surface area (Å²) in [7, 11) is 0. The molecule has 35 heavy (non-hydrogen) atoms. The summed E-state index contributed by atoms with van der Waals surface area (Å²) >= 11 is 0. The van der Waals surface area contributed by atoms with E-state index in [0.717, 1.165) is 11.6 Å². The molecule has 0 bridgehead atoms. The molecule has 0 aliphatic carbocycles. The number of benzene rings is 2. The smallest absolute Gasteiger partial charge is 0.375 e. The third kappa shape index (κ3) is 4.79. The molecule has 1 unspecified atom stereocenters. The highest BCUT2D eigenvalue weighted by Gasteiger charge is 2.56. The number of aromatic nitrogens is 3. The zero-order valence-electron chi connectivity index (χ0n) is 19.2. The van der Waals surface area contributed by atoms with E-state index in [2.05, 4.69) is 4.98 Å². The van der Waals surface area contributed by atoms with Gasteiger partial charge >= 0.3 is 6.18 Å². The first kappa shape index (κ1) is 24.5. The average molecular weight is 486 g/mol. The second-order valence-electron chi connectivity index (χ2n) is 9.04. The number of rotatable bonds is 8. The second-order valence-corrected chi connectivity index (χ2v) is 9.04. The molecule has 184 valence electrons. The van der Waals surface area contributed by atoms with E-state index in [9.17, 15) is 28.4 Å². The van der Waals surface area contributed by atoms with E-state index in [0.29, 0.717) is 12.2 Å². The number of hydrogen-bond acceptors (Lipinski definition) is 4. The van der Waals surface area contributed by atoms with Gasteiger partial charge in [-0.3, -0.25) is 10.1 Å². The van der Waals surface area contributed by atoms with Gasteiger partial charge in [-0.2, -0.15) is 13.2 Å². The molecule has 0 aliphatic heterocycles. The Hall–Kier alpha value is -3.66. The summed E-state index contributed by atoms with van der Waals surface area (Å²) in [6, 6.07) is 12.7. The monoisotopic (exact) mass is 486 g/mol. The Labute approximate surface area is 199 Å². The molecular formula is C25H25F3N4O3. The van der Waals surface area contributed by atoms with Crippen LogP contribution in [0, 0.1) is 16.0 Å². The van der Waals surface area contributed by atoms with Gasteiger partial charge in [0.25, 0.3) is 5.69 Å². The van der Waals surface area contributed by atoms with Crippen LogP contribution in [-0.4, -0.2) is 30.3 Å². The first-order valence-electron chi connectivity index (χ1n) is 11.1. The van der Waals surface area contributed by atoms with Gasteiger partial charge in [0, 0.05) is 54.6 Å². The number of nitro benzene ring substituents is 1. The van der Waals surface area contributed by atoms with Gasteiger partial charge in [-0.05, 0) is 17.5 Å². The van der Waals surface area contributed by atoms with Crippen LogP contribution in [0.25, 0.3) is 10.9 Å². The zero-order valence-corrected chi connectivity index (χ0v) is 19.2. The first-order valence-corrected chi connectivity index (χ1v) is 11.1. The summed E-state index contributed by atoms with van der Waals surface area (Å²) in [6.07, 6.45) is -0.504. The second kappa shape index (κ2) is 9.18. The van der Waals surface area contributed by atoms with Gasteiger partial charge in [0.1, 0.15) is 5.82 Å². The molecule has 1 N–H and O–H groups in total. The standard InChI is InChI=1S/C25H25F3N4O3/c1-17(2)12-23-29-10-11-30(23)16-24(33,25(26,27)28)21-15-31(14-18-6-4-3-5-7-18)22-13-19(32(34)35)8-9-20(21)22/h3-11,13,15,17,33H,12,14,16H2,1-2H3. The Balaban J connectivity index is 1.89. The largest absolute Gasteiger partial charge is 0.423 e. The molecule has 0 radical (unpaired) electrons. The highest BCUT2D eigenvalue weighted by Crippen LogP contribution is 2.44. The number of imidazole rings is 1. The molecule has 7 nitrogen and oxygen atoms in total. The third-order valence-corrected chi connectivity index (χ3v) is 5.98. The minimum Gasteiger partial charge on any atom is -0.375 e. The van der Waals surface area contributed by atoms with E-state index in [1.165, 1.54) is 39.9 Å². The van der Waals surface area contributed by atoms with Crippen molar-refractivity contribution < 1.29 is 23.2 Å². The first-order chi connectivity index (χ1) is 16.5. The summed E-state index contributed by atoms with van der Waals surface area (Å²) < 4.78 is 46.5. The fourth-order valence-electron chi connectivity index (χ4n) is 4.25. The van der Waals surface area contributed by atoms with E-state index in [4.69, 9.17) is 0 Å². The Morgan fingerprint density at radius 2 is 1.83 bits per heavy atom. The number of nitrogens with zero attached hydrogens (tertiary/aromatic N) is 4. The number of fused-ring (bicyclic) bond motifs is 1. The molecule has 0 fully saturated rings. The summed E-state index contributed by atoms with van der Waals surface area (Å²) in [4.78, 5) is 14.9. The van der Waals surface area contributed by atoms with Crippen molar-refractivity contribution in [2.75, 3.05) is 0 Å². The highest BCUT2D eigenvalue weighted by molar-refractivity contribution is 5.87. The van der Waals surface area contributed by atoms with Crippen molar-refractivity contribution in [1.82, 2.24) is 14.1 Å². The van der Waals surface area contributed by atoms with Crippen molar-refractivity contribution >= 4 is 16.6 Å². The van der Waals surface area contributed by atoms with Gasteiger partial charge in [0.05, 0.1) is 17.0 Å². The number of alkyl halides is 3. The van der Waals surface area contributed by atoms with Crippen LogP contribution in [0.4, 0.5) is 18.9 Å². The van der Waals surface area contributed by atoms with Crippen molar-refractivity contribution in [1.29, 1.82) is 0 Å². The number of non-ortho nitro benzene ring substituents is 1. The predicted molar refractivity (Wildman–Crippen MR) is 125 cm³/mol. The van der Waals surface area contributed by atoms with Crippen LogP contribution in [0.5, 0.6) is 0 Å². The minimum absolute atomic E-state index is 0.0943.